The standard InChI is InChI=1S/C21H22N2O3S/c1-26-20-10-2-8-18(14-20)19-9-3-11-21(15-19)27(24,25)23-13-5-7-17-6-4-12-22-16-17/h2-4,6,8-12,14-16,23H,5,7,13H2,1H3. The molecule has 0 spiro atoms. The minimum absolute atomic E-state index is 0.254. The van der Waals surface area contributed by atoms with Gasteiger partial charge in [-0.05, 0) is 59.9 Å². The molecule has 0 unspecified atom stereocenters. The second-order valence-corrected chi connectivity index (χ2v) is 7.89. The predicted octanol–water partition coefficient (Wildman–Crippen LogP) is 3.67. The summed E-state index contributed by atoms with van der Waals surface area (Å²) in [5.41, 5.74) is 2.83. The molecule has 0 radical (unpaired) electrons. The fourth-order valence-corrected chi connectivity index (χ4v) is 3.89. The van der Waals surface area contributed by atoms with Gasteiger partial charge in [0.05, 0.1) is 12.0 Å². The minimum atomic E-state index is -3.56. The van der Waals surface area contributed by atoms with Gasteiger partial charge in [-0.1, -0.05) is 30.3 Å². The Balaban J connectivity index is 1.67. The van der Waals surface area contributed by atoms with Crippen LogP contribution >= 0.6 is 0 Å². The Kier molecular flexibility index (Phi) is 6.21. The summed E-state index contributed by atoms with van der Waals surface area (Å²) in [4.78, 5) is 4.32. The second-order valence-electron chi connectivity index (χ2n) is 6.12. The van der Waals surface area contributed by atoms with Crippen LogP contribution in [0.15, 0.2) is 78.0 Å². The van der Waals surface area contributed by atoms with Gasteiger partial charge in [-0.15, -0.1) is 0 Å². The van der Waals surface area contributed by atoms with Gasteiger partial charge in [-0.2, -0.15) is 0 Å². The molecule has 27 heavy (non-hydrogen) atoms. The smallest absolute Gasteiger partial charge is 0.240 e. The van der Waals surface area contributed by atoms with Gasteiger partial charge >= 0.3 is 0 Å². The summed E-state index contributed by atoms with van der Waals surface area (Å²) in [6, 6.07) is 18.3. The van der Waals surface area contributed by atoms with Crippen LogP contribution in [0.4, 0.5) is 0 Å². The van der Waals surface area contributed by atoms with Gasteiger partial charge < -0.3 is 4.74 Å². The third kappa shape index (κ3) is 5.15. The number of aryl methyl sites for hydroxylation is 1. The number of sulfonamides is 1. The molecule has 5 nitrogen and oxygen atoms in total. The zero-order chi connectivity index (χ0) is 19.1. The van der Waals surface area contributed by atoms with Crippen LogP contribution in [0.1, 0.15) is 12.0 Å². The Bertz CT molecular complexity index is 989. The summed E-state index contributed by atoms with van der Waals surface area (Å²) < 4.78 is 33.1. The zero-order valence-electron chi connectivity index (χ0n) is 15.1. The molecule has 3 aromatic rings. The highest BCUT2D eigenvalue weighted by atomic mass is 32.2. The summed E-state index contributed by atoms with van der Waals surface area (Å²) in [6.45, 7) is 0.376. The molecule has 3 rings (SSSR count). The number of hydrogen-bond donors (Lipinski definition) is 1. The number of benzene rings is 2. The number of nitrogens with one attached hydrogen (secondary N) is 1. The molecule has 1 heterocycles. The molecule has 140 valence electrons. The lowest BCUT2D eigenvalue weighted by Crippen LogP contribution is -2.25. The van der Waals surface area contributed by atoms with Crippen molar-refractivity contribution in [1.82, 2.24) is 9.71 Å². The van der Waals surface area contributed by atoms with Crippen molar-refractivity contribution in [3.63, 3.8) is 0 Å². The quantitative estimate of drug-likeness (QED) is 0.604. The van der Waals surface area contributed by atoms with E-state index in [1.165, 1.54) is 0 Å². The van der Waals surface area contributed by atoms with Gasteiger partial charge in [-0.3, -0.25) is 4.98 Å². The van der Waals surface area contributed by atoms with Crippen molar-refractivity contribution in [2.75, 3.05) is 13.7 Å². The Morgan fingerprint density at radius 2 is 1.78 bits per heavy atom. The topological polar surface area (TPSA) is 68.3 Å². The molecule has 0 saturated carbocycles. The number of hydrogen-bond acceptors (Lipinski definition) is 4. The number of aromatic nitrogens is 1. The monoisotopic (exact) mass is 382 g/mol. The Morgan fingerprint density at radius 3 is 2.52 bits per heavy atom. The van der Waals surface area contributed by atoms with Crippen molar-refractivity contribution in [1.29, 1.82) is 0 Å². The molecule has 6 heteroatoms. The molecular formula is C21H22N2O3S. The van der Waals surface area contributed by atoms with E-state index in [1.807, 2.05) is 42.5 Å². The van der Waals surface area contributed by atoms with Crippen LogP contribution in [0.5, 0.6) is 5.75 Å². The van der Waals surface area contributed by atoms with E-state index in [2.05, 4.69) is 9.71 Å². The molecule has 1 aromatic heterocycles. The number of rotatable bonds is 8. The summed E-state index contributed by atoms with van der Waals surface area (Å²) in [5.74, 6) is 0.731. The van der Waals surface area contributed by atoms with Crippen molar-refractivity contribution < 1.29 is 13.2 Å². The van der Waals surface area contributed by atoms with Crippen molar-refractivity contribution >= 4 is 10.0 Å². The minimum Gasteiger partial charge on any atom is -0.497 e. The normalized spacial score (nSPS) is 11.3. The van der Waals surface area contributed by atoms with E-state index in [1.54, 1.807) is 37.7 Å². The molecule has 0 aliphatic heterocycles. The molecular weight excluding hydrogens is 360 g/mol. The van der Waals surface area contributed by atoms with Gasteiger partial charge in [0.1, 0.15) is 5.75 Å². The fraction of sp³-hybridized carbons (Fsp3) is 0.190. The molecule has 1 N–H and O–H groups in total. The first kappa shape index (κ1) is 19.1. The van der Waals surface area contributed by atoms with E-state index in [0.29, 0.717) is 13.0 Å². The van der Waals surface area contributed by atoms with Crippen LogP contribution in [0.3, 0.4) is 0 Å². The summed E-state index contributed by atoms with van der Waals surface area (Å²) >= 11 is 0. The lowest BCUT2D eigenvalue weighted by atomic mass is 10.1. The van der Waals surface area contributed by atoms with Crippen molar-refractivity contribution in [2.45, 2.75) is 17.7 Å². The fourth-order valence-electron chi connectivity index (χ4n) is 2.77. The van der Waals surface area contributed by atoms with Crippen molar-refractivity contribution in [2.24, 2.45) is 0 Å². The first-order valence-electron chi connectivity index (χ1n) is 8.71. The molecule has 0 bridgehead atoms. The van der Waals surface area contributed by atoms with Crippen LogP contribution < -0.4 is 9.46 Å². The molecule has 2 aromatic carbocycles. The lowest BCUT2D eigenvalue weighted by Gasteiger charge is -2.09. The molecule has 0 fully saturated rings. The van der Waals surface area contributed by atoms with E-state index in [9.17, 15) is 8.42 Å². The maximum absolute atomic E-state index is 12.6. The highest BCUT2D eigenvalue weighted by molar-refractivity contribution is 7.89. The molecule has 0 aliphatic rings. The summed E-state index contributed by atoms with van der Waals surface area (Å²) in [6.07, 6.45) is 5.01. The second kappa shape index (κ2) is 8.79. The van der Waals surface area contributed by atoms with Crippen LogP contribution in [0.25, 0.3) is 11.1 Å². The highest BCUT2D eigenvalue weighted by Crippen LogP contribution is 2.25. The van der Waals surface area contributed by atoms with Crippen LogP contribution in [0.2, 0.25) is 0 Å². The Morgan fingerprint density at radius 1 is 1.00 bits per heavy atom. The number of nitrogens with zero attached hydrogens (tertiary/aromatic N) is 1. The molecule has 0 amide bonds. The molecule has 0 aliphatic carbocycles. The van der Waals surface area contributed by atoms with Gasteiger partial charge in [0.25, 0.3) is 0 Å². The Labute approximate surface area is 160 Å². The average Bonchev–Trinajstić information content (AvgIpc) is 2.72. The van der Waals surface area contributed by atoms with Gasteiger partial charge in [0.15, 0.2) is 0 Å². The van der Waals surface area contributed by atoms with Crippen molar-refractivity contribution in [3.8, 4) is 16.9 Å². The van der Waals surface area contributed by atoms with E-state index in [4.69, 9.17) is 4.74 Å². The SMILES string of the molecule is COc1cccc(-c2cccc(S(=O)(=O)NCCCc3cccnc3)c2)c1. The van der Waals surface area contributed by atoms with Crippen LogP contribution in [-0.2, 0) is 16.4 Å². The summed E-state index contributed by atoms with van der Waals surface area (Å²) in [5, 5.41) is 0. The Hall–Kier alpha value is -2.70. The van der Waals surface area contributed by atoms with Crippen LogP contribution in [-0.4, -0.2) is 27.1 Å². The maximum atomic E-state index is 12.6. The largest absolute Gasteiger partial charge is 0.497 e. The number of methoxy groups -OCH3 is 1. The third-order valence-corrected chi connectivity index (χ3v) is 5.66. The van der Waals surface area contributed by atoms with E-state index < -0.39 is 10.0 Å². The van der Waals surface area contributed by atoms with E-state index in [0.717, 1.165) is 28.9 Å². The molecule has 0 saturated heterocycles. The van der Waals surface area contributed by atoms with Gasteiger partial charge in [0, 0.05) is 18.9 Å². The highest BCUT2D eigenvalue weighted by Gasteiger charge is 2.14. The molecule has 0 atom stereocenters. The maximum Gasteiger partial charge on any atom is 0.240 e. The predicted molar refractivity (Wildman–Crippen MR) is 106 cm³/mol. The number of ether oxygens (including phenoxy) is 1. The van der Waals surface area contributed by atoms with Crippen molar-refractivity contribution in [3.05, 3.63) is 78.6 Å². The van der Waals surface area contributed by atoms with Gasteiger partial charge in [0.2, 0.25) is 10.0 Å². The zero-order valence-corrected chi connectivity index (χ0v) is 15.9. The number of pyridine rings is 1. The van der Waals surface area contributed by atoms with Gasteiger partial charge in [-0.25, -0.2) is 13.1 Å². The lowest BCUT2D eigenvalue weighted by molar-refractivity contribution is 0.415. The average molecular weight is 382 g/mol. The first-order chi connectivity index (χ1) is 13.1. The van der Waals surface area contributed by atoms with E-state index >= 15 is 0 Å². The third-order valence-electron chi connectivity index (χ3n) is 4.20. The summed E-state index contributed by atoms with van der Waals surface area (Å²) in [7, 11) is -1.95. The van der Waals surface area contributed by atoms with Crippen LogP contribution in [0, 0.1) is 0 Å². The van der Waals surface area contributed by atoms with E-state index in [-0.39, 0.29) is 4.90 Å². The first-order valence-corrected chi connectivity index (χ1v) is 10.2.